The van der Waals surface area contributed by atoms with E-state index in [-0.39, 0.29) is 24.3 Å². The Kier molecular flexibility index (Phi) is 8.45. The summed E-state index contributed by atoms with van der Waals surface area (Å²) >= 11 is 0. The number of alkyl halides is 9. The minimum absolute atomic E-state index is 0.0401. The van der Waals surface area contributed by atoms with Crippen LogP contribution in [0.1, 0.15) is 52.4 Å². The second-order valence-electron chi connectivity index (χ2n) is 7.83. The summed E-state index contributed by atoms with van der Waals surface area (Å²) in [5, 5.41) is 1.98. The number of Topliss-reactive ketones (excluding diaryl/α,β-unsaturated/α-hetero) is 1. The number of amides is 1. The molecule has 1 amide bonds. The van der Waals surface area contributed by atoms with Gasteiger partial charge in [0.05, 0.1) is 22.7 Å². The molecule has 3 nitrogen and oxygen atoms in total. The van der Waals surface area contributed by atoms with Crippen LogP contribution in [-0.4, -0.2) is 23.9 Å². The molecule has 2 aromatic rings. The van der Waals surface area contributed by atoms with E-state index >= 15 is 0 Å². The van der Waals surface area contributed by atoms with Crippen molar-refractivity contribution in [3.8, 4) is 0 Å². The Balaban J connectivity index is 2.60. The Labute approximate surface area is 202 Å². The van der Waals surface area contributed by atoms with Gasteiger partial charge in [0.1, 0.15) is 17.6 Å². The van der Waals surface area contributed by atoms with Gasteiger partial charge in [0, 0.05) is 5.56 Å². The largest absolute Gasteiger partial charge is 0.419 e. The molecule has 0 aliphatic carbocycles. The molecule has 37 heavy (non-hydrogen) atoms. The van der Waals surface area contributed by atoms with Crippen LogP contribution in [-0.2, 0) is 17.1 Å². The van der Waals surface area contributed by atoms with Crippen LogP contribution in [0, 0.1) is 5.82 Å². The summed E-state index contributed by atoms with van der Waals surface area (Å²) in [6.45, 7) is 2.23. The number of allylic oxidation sites excluding steroid dienone is 1. The zero-order valence-corrected chi connectivity index (χ0v) is 18.7. The molecule has 14 heteroatoms. The second-order valence-corrected chi connectivity index (χ2v) is 7.83. The predicted octanol–water partition coefficient (Wildman–Crippen LogP) is 7.23. The molecule has 1 N–H and O–H groups in total. The molecule has 0 fully saturated rings. The van der Waals surface area contributed by atoms with Crippen molar-refractivity contribution in [2.75, 3.05) is 0 Å². The molecule has 0 aliphatic heterocycles. The van der Waals surface area contributed by atoms with E-state index in [1.165, 1.54) is 6.92 Å². The molecule has 0 aromatic heterocycles. The van der Waals surface area contributed by atoms with Gasteiger partial charge in [-0.25, -0.2) is 8.78 Å². The van der Waals surface area contributed by atoms with Gasteiger partial charge in [-0.05, 0) is 49.8 Å². The number of carbonyl (C=O) groups excluding carboxylic acids is 2. The highest BCUT2D eigenvalue weighted by atomic mass is 19.4. The molecule has 0 bridgehead atoms. The Morgan fingerprint density at radius 3 is 1.92 bits per heavy atom. The SMILES string of the molecule is CC(=O)[C@@H](C)NC(=O)c1ccc(/C(F)=C/C(c2ccc(F)c(C(F)(F)F)c2)C(F)(F)F)cc1C(F)(F)F. The van der Waals surface area contributed by atoms with E-state index in [1.807, 2.05) is 5.32 Å². The van der Waals surface area contributed by atoms with Gasteiger partial charge in [-0.1, -0.05) is 12.1 Å². The Morgan fingerprint density at radius 2 is 1.43 bits per heavy atom. The van der Waals surface area contributed by atoms with Gasteiger partial charge in [-0.3, -0.25) is 9.59 Å². The molecule has 2 aromatic carbocycles. The van der Waals surface area contributed by atoms with E-state index in [0.717, 1.165) is 6.92 Å². The first-order chi connectivity index (χ1) is 16.7. The normalized spacial score (nSPS) is 14.8. The second kappa shape index (κ2) is 10.5. The third kappa shape index (κ3) is 7.29. The third-order valence-corrected chi connectivity index (χ3v) is 5.12. The number of hydrogen-bond donors (Lipinski definition) is 1. The minimum Gasteiger partial charge on any atom is -0.343 e. The van der Waals surface area contributed by atoms with Gasteiger partial charge in [0.25, 0.3) is 5.91 Å². The number of rotatable bonds is 6. The molecular formula is C23H16F11NO2. The Morgan fingerprint density at radius 1 is 0.865 bits per heavy atom. The highest BCUT2D eigenvalue weighted by molar-refractivity contribution is 5.99. The van der Waals surface area contributed by atoms with Crippen molar-refractivity contribution in [3.63, 3.8) is 0 Å². The van der Waals surface area contributed by atoms with Gasteiger partial charge in [0.2, 0.25) is 0 Å². The molecule has 0 saturated carbocycles. The van der Waals surface area contributed by atoms with Crippen molar-refractivity contribution >= 4 is 17.5 Å². The van der Waals surface area contributed by atoms with E-state index in [2.05, 4.69) is 0 Å². The van der Waals surface area contributed by atoms with Gasteiger partial charge < -0.3 is 5.32 Å². The summed E-state index contributed by atoms with van der Waals surface area (Å²) in [6, 6.07) is 0.121. The molecular weight excluding hydrogens is 531 g/mol. The number of carbonyl (C=O) groups is 2. The van der Waals surface area contributed by atoms with Gasteiger partial charge in [0.15, 0.2) is 5.78 Å². The highest BCUT2D eigenvalue weighted by Gasteiger charge is 2.42. The zero-order chi connectivity index (χ0) is 28.5. The van der Waals surface area contributed by atoms with Crippen molar-refractivity contribution in [1.82, 2.24) is 5.32 Å². The standard InChI is InChI=1S/C23H16F11NO2/c1-10(11(2)36)35-20(37)14-5-3-13(8-16(14)22(29,30)31)19(25)9-15(21(26,27)28)12-4-6-18(24)17(7-12)23(32,33)34/h3-10,15H,1-2H3,(H,35,37)/b19-9-/t10-,15?/m1/s1. The fraction of sp³-hybridized carbons (Fsp3) is 0.304. The van der Waals surface area contributed by atoms with Gasteiger partial charge in [-0.2, -0.15) is 39.5 Å². The van der Waals surface area contributed by atoms with Crippen molar-refractivity contribution in [3.05, 3.63) is 76.1 Å². The molecule has 0 spiro atoms. The van der Waals surface area contributed by atoms with Crippen LogP contribution in [0.5, 0.6) is 0 Å². The molecule has 0 saturated heterocycles. The van der Waals surface area contributed by atoms with Gasteiger partial charge in [-0.15, -0.1) is 0 Å². The molecule has 1 unspecified atom stereocenters. The molecule has 0 heterocycles. The molecule has 2 atom stereocenters. The van der Waals surface area contributed by atoms with Crippen LogP contribution in [0.2, 0.25) is 0 Å². The third-order valence-electron chi connectivity index (χ3n) is 5.12. The lowest BCUT2D eigenvalue weighted by molar-refractivity contribution is -0.143. The van der Waals surface area contributed by atoms with Crippen LogP contribution in [0.4, 0.5) is 48.3 Å². The van der Waals surface area contributed by atoms with Crippen LogP contribution in [0.25, 0.3) is 5.83 Å². The van der Waals surface area contributed by atoms with E-state index < -0.39 is 81.6 Å². The van der Waals surface area contributed by atoms with Crippen LogP contribution < -0.4 is 5.32 Å². The summed E-state index contributed by atoms with van der Waals surface area (Å²) in [4.78, 5) is 23.5. The summed E-state index contributed by atoms with van der Waals surface area (Å²) < 4.78 is 148. The maximum atomic E-state index is 14.8. The van der Waals surface area contributed by atoms with E-state index in [9.17, 15) is 57.9 Å². The fourth-order valence-electron chi connectivity index (χ4n) is 3.08. The fourth-order valence-corrected chi connectivity index (χ4v) is 3.08. The van der Waals surface area contributed by atoms with Crippen molar-refractivity contribution in [2.24, 2.45) is 0 Å². The first kappa shape index (κ1) is 29.8. The van der Waals surface area contributed by atoms with Crippen LogP contribution in [0.3, 0.4) is 0 Å². The number of hydrogen-bond acceptors (Lipinski definition) is 2. The number of halogens is 11. The summed E-state index contributed by atoms with van der Waals surface area (Å²) in [5.74, 6) is -8.85. The maximum absolute atomic E-state index is 14.8. The number of ketones is 1. The lowest BCUT2D eigenvalue weighted by Crippen LogP contribution is -2.38. The smallest absolute Gasteiger partial charge is 0.343 e. The average Bonchev–Trinajstić information content (AvgIpc) is 2.75. The monoisotopic (exact) mass is 547 g/mol. The van der Waals surface area contributed by atoms with Crippen molar-refractivity contribution < 1.29 is 57.9 Å². The van der Waals surface area contributed by atoms with E-state index in [4.69, 9.17) is 0 Å². The first-order valence-corrected chi connectivity index (χ1v) is 10.1. The first-order valence-electron chi connectivity index (χ1n) is 10.1. The molecule has 0 radical (unpaired) electrons. The highest BCUT2D eigenvalue weighted by Crippen LogP contribution is 2.42. The quantitative estimate of drug-likeness (QED) is 0.388. The topological polar surface area (TPSA) is 46.2 Å². The van der Waals surface area contributed by atoms with Crippen molar-refractivity contribution in [1.29, 1.82) is 0 Å². The Bertz CT molecular complexity index is 1210. The van der Waals surface area contributed by atoms with Gasteiger partial charge >= 0.3 is 18.5 Å². The predicted molar refractivity (Wildman–Crippen MR) is 108 cm³/mol. The summed E-state index contributed by atoms with van der Waals surface area (Å²) in [5.41, 5.74) is -7.15. The summed E-state index contributed by atoms with van der Waals surface area (Å²) in [6.07, 6.45) is -16.4. The summed E-state index contributed by atoms with van der Waals surface area (Å²) in [7, 11) is 0. The lowest BCUT2D eigenvalue weighted by Gasteiger charge is -2.20. The molecule has 0 aliphatic rings. The molecule has 202 valence electrons. The molecule has 2 rings (SSSR count). The minimum atomic E-state index is -5.42. The van der Waals surface area contributed by atoms with Crippen LogP contribution >= 0.6 is 0 Å². The number of nitrogens with one attached hydrogen (secondary N) is 1. The van der Waals surface area contributed by atoms with Crippen LogP contribution in [0.15, 0.2) is 42.5 Å². The zero-order valence-electron chi connectivity index (χ0n) is 18.7. The van der Waals surface area contributed by atoms with Crippen molar-refractivity contribution in [2.45, 2.75) is 44.3 Å². The van der Waals surface area contributed by atoms with E-state index in [1.54, 1.807) is 0 Å². The van der Waals surface area contributed by atoms with E-state index in [0.29, 0.717) is 18.2 Å². The Hall–Kier alpha value is -3.45. The lowest BCUT2D eigenvalue weighted by atomic mass is 9.94. The maximum Gasteiger partial charge on any atom is 0.419 e. The average molecular weight is 547 g/mol. The number of benzene rings is 2.